The van der Waals surface area contributed by atoms with Crippen LogP contribution in [0.4, 0.5) is 0 Å². The van der Waals surface area contributed by atoms with E-state index in [1.165, 1.54) is 238 Å². The number of hydrogen-bond acceptors (Lipinski definition) is 15. The number of phosphoric ester groups is 2. The number of carbonyl (C=O) groups is 4. The fraction of sp³-hybridized carbons (Fsp3) is 0.947. The molecule has 0 saturated heterocycles. The molecule has 0 aliphatic rings. The highest BCUT2D eigenvalue weighted by molar-refractivity contribution is 7.47. The van der Waals surface area contributed by atoms with Gasteiger partial charge in [0.1, 0.15) is 19.3 Å². The molecular formula is C76H148O17P2. The molecule has 0 amide bonds. The average Bonchev–Trinajstić information content (AvgIpc) is 2.74. The van der Waals surface area contributed by atoms with E-state index in [2.05, 4.69) is 27.7 Å². The first kappa shape index (κ1) is 93.1. The number of aliphatic hydroxyl groups excluding tert-OH is 1. The number of ether oxygens (including phenoxy) is 4. The molecule has 0 aromatic rings. The monoisotopic (exact) mass is 1400 g/mol. The Morgan fingerprint density at radius 1 is 0.253 bits per heavy atom. The van der Waals surface area contributed by atoms with Gasteiger partial charge in [-0.3, -0.25) is 37.3 Å². The van der Waals surface area contributed by atoms with Gasteiger partial charge in [-0.2, -0.15) is 0 Å². The lowest BCUT2D eigenvalue weighted by molar-refractivity contribution is -0.161. The number of rotatable bonds is 77. The topological polar surface area (TPSA) is 237 Å². The Kier molecular flexibility index (Phi) is 69.1. The van der Waals surface area contributed by atoms with Crippen LogP contribution in [0.1, 0.15) is 407 Å². The first-order valence-corrected chi connectivity index (χ1v) is 42.8. The van der Waals surface area contributed by atoms with Crippen molar-refractivity contribution in [2.24, 2.45) is 0 Å². The van der Waals surface area contributed by atoms with Gasteiger partial charge in [-0.1, -0.05) is 355 Å². The molecule has 17 nitrogen and oxygen atoms in total. The summed E-state index contributed by atoms with van der Waals surface area (Å²) >= 11 is 0. The summed E-state index contributed by atoms with van der Waals surface area (Å²) in [6.07, 6.45) is 60.8. The van der Waals surface area contributed by atoms with Crippen molar-refractivity contribution in [3.8, 4) is 0 Å². The molecule has 0 radical (unpaired) electrons. The van der Waals surface area contributed by atoms with Crippen LogP contribution in [-0.2, 0) is 65.4 Å². The molecule has 19 heteroatoms. The molecule has 0 aromatic heterocycles. The second-order valence-electron chi connectivity index (χ2n) is 27.4. The van der Waals surface area contributed by atoms with Crippen molar-refractivity contribution in [1.29, 1.82) is 0 Å². The largest absolute Gasteiger partial charge is 0.472 e. The van der Waals surface area contributed by atoms with Crippen LogP contribution in [0.3, 0.4) is 0 Å². The maximum Gasteiger partial charge on any atom is 0.472 e. The predicted molar refractivity (Wildman–Crippen MR) is 386 cm³/mol. The van der Waals surface area contributed by atoms with E-state index in [1.54, 1.807) is 0 Å². The van der Waals surface area contributed by atoms with Crippen LogP contribution < -0.4 is 0 Å². The van der Waals surface area contributed by atoms with Crippen LogP contribution in [0.2, 0.25) is 0 Å². The van der Waals surface area contributed by atoms with E-state index in [4.69, 9.17) is 37.0 Å². The van der Waals surface area contributed by atoms with Crippen molar-refractivity contribution in [1.82, 2.24) is 0 Å². The zero-order valence-corrected chi connectivity index (χ0v) is 63.4. The molecule has 0 aliphatic heterocycles. The molecule has 3 N–H and O–H groups in total. The van der Waals surface area contributed by atoms with E-state index in [1.807, 2.05) is 0 Å². The van der Waals surface area contributed by atoms with Crippen LogP contribution in [0.5, 0.6) is 0 Å². The van der Waals surface area contributed by atoms with Crippen molar-refractivity contribution in [3.05, 3.63) is 0 Å². The van der Waals surface area contributed by atoms with Crippen molar-refractivity contribution in [2.45, 2.75) is 425 Å². The number of esters is 4. The Labute approximate surface area is 581 Å². The number of hydrogen-bond donors (Lipinski definition) is 3. The van der Waals surface area contributed by atoms with Gasteiger partial charge in [-0.25, -0.2) is 9.13 Å². The van der Waals surface area contributed by atoms with Crippen molar-refractivity contribution in [3.63, 3.8) is 0 Å². The Hall–Kier alpha value is -1.94. The molecule has 0 spiro atoms. The van der Waals surface area contributed by atoms with Crippen molar-refractivity contribution in [2.75, 3.05) is 39.6 Å². The van der Waals surface area contributed by atoms with Gasteiger partial charge >= 0.3 is 39.5 Å². The smallest absolute Gasteiger partial charge is 0.462 e. The summed E-state index contributed by atoms with van der Waals surface area (Å²) < 4.78 is 68.6. The molecule has 5 atom stereocenters. The zero-order valence-electron chi connectivity index (χ0n) is 61.6. The third-order valence-corrected chi connectivity index (χ3v) is 19.8. The second kappa shape index (κ2) is 70.5. The lowest BCUT2D eigenvalue weighted by Crippen LogP contribution is -2.30. The number of carbonyl (C=O) groups excluding carboxylic acids is 4. The summed E-state index contributed by atoms with van der Waals surface area (Å²) in [5.74, 6) is -2.11. The summed E-state index contributed by atoms with van der Waals surface area (Å²) in [5.41, 5.74) is 0. The minimum absolute atomic E-state index is 0.109. The van der Waals surface area contributed by atoms with Gasteiger partial charge in [-0.05, 0) is 25.7 Å². The third kappa shape index (κ3) is 70.3. The number of aliphatic hydroxyl groups is 1. The molecule has 0 fully saturated rings. The average molecular weight is 1400 g/mol. The SMILES string of the molecule is CCCCCCCCCCCCCCCCCC(=O)OC[C@H](COP(=O)(O)OCC(O)COP(=O)(O)OC[C@@H](COC(=O)CCCCCCCCCCCCCC)OC(=O)CCCCCCCCCCCCCCC)OC(=O)CCCCCCCCCCCCCCCCC. The molecule has 3 unspecified atom stereocenters. The molecule has 0 saturated carbocycles. The quantitative estimate of drug-likeness (QED) is 0.0222. The molecular weight excluding hydrogens is 1250 g/mol. The van der Waals surface area contributed by atoms with Gasteiger partial charge < -0.3 is 33.8 Å². The minimum atomic E-state index is -4.96. The Bertz CT molecular complexity index is 1810. The van der Waals surface area contributed by atoms with E-state index in [-0.39, 0.29) is 25.7 Å². The van der Waals surface area contributed by atoms with E-state index in [0.717, 1.165) is 89.9 Å². The van der Waals surface area contributed by atoms with Gasteiger partial charge in [0.05, 0.1) is 26.4 Å². The van der Waals surface area contributed by atoms with E-state index in [0.29, 0.717) is 25.7 Å². The zero-order chi connectivity index (χ0) is 69.7. The first-order valence-electron chi connectivity index (χ1n) is 39.8. The Morgan fingerprint density at radius 3 is 0.621 bits per heavy atom. The normalized spacial score (nSPS) is 13.9. The maximum absolute atomic E-state index is 13.1. The van der Waals surface area contributed by atoms with E-state index < -0.39 is 97.5 Å². The summed E-state index contributed by atoms with van der Waals surface area (Å²) in [6, 6.07) is 0. The van der Waals surface area contributed by atoms with E-state index in [9.17, 15) is 43.2 Å². The summed E-state index contributed by atoms with van der Waals surface area (Å²) in [4.78, 5) is 72.8. The van der Waals surface area contributed by atoms with Crippen LogP contribution >= 0.6 is 15.6 Å². The third-order valence-electron chi connectivity index (χ3n) is 17.9. The van der Waals surface area contributed by atoms with Gasteiger partial charge in [0, 0.05) is 25.7 Å². The molecule has 95 heavy (non-hydrogen) atoms. The van der Waals surface area contributed by atoms with Crippen molar-refractivity contribution >= 4 is 39.5 Å². The molecule has 0 aromatic carbocycles. The summed E-state index contributed by atoms with van der Waals surface area (Å²) in [7, 11) is -9.91. The second-order valence-corrected chi connectivity index (χ2v) is 30.3. The Balaban J connectivity index is 5.25. The van der Waals surface area contributed by atoms with Crippen molar-refractivity contribution < 1.29 is 80.2 Å². The van der Waals surface area contributed by atoms with Gasteiger partial charge in [-0.15, -0.1) is 0 Å². The standard InChI is InChI=1S/C76H148O17P2/c1-5-9-13-17-21-25-29-33-35-38-41-45-49-53-57-61-74(79)87-67-72(93-76(81)63-59-55-51-47-43-39-36-34-30-26-22-18-14-10-6-2)69-91-95(84,85)89-65-70(77)64-88-94(82,83)90-68-71(66-86-73(78)60-56-52-48-44-40-32-28-24-20-16-12-8-4)92-75(80)62-58-54-50-46-42-37-31-27-23-19-15-11-7-3/h70-72,77H,5-69H2,1-4H3,(H,82,83)(H,84,85)/t70?,71-,72-/m1/s1. The van der Waals surface area contributed by atoms with Gasteiger partial charge in [0.25, 0.3) is 0 Å². The summed E-state index contributed by atoms with van der Waals surface area (Å²) in [5, 5.41) is 10.6. The lowest BCUT2D eigenvalue weighted by atomic mass is 10.0. The fourth-order valence-corrected chi connectivity index (χ4v) is 13.3. The first-order chi connectivity index (χ1) is 46.2. The van der Waals surface area contributed by atoms with Crippen LogP contribution in [0.25, 0.3) is 0 Å². The molecule has 564 valence electrons. The van der Waals surface area contributed by atoms with Crippen LogP contribution in [0, 0.1) is 0 Å². The number of unbranched alkanes of at least 4 members (excludes halogenated alkanes) is 51. The lowest BCUT2D eigenvalue weighted by Gasteiger charge is -2.21. The van der Waals surface area contributed by atoms with E-state index >= 15 is 0 Å². The molecule has 0 heterocycles. The fourth-order valence-electron chi connectivity index (χ4n) is 11.8. The molecule has 0 aliphatic carbocycles. The summed E-state index contributed by atoms with van der Waals surface area (Å²) in [6.45, 7) is 5.00. The van der Waals surface area contributed by atoms with Gasteiger partial charge in [0.15, 0.2) is 12.2 Å². The highest BCUT2D eigenvalue weighted by Crippen LogP contribution is 2.45. The van der Waals surface area contributed by atoms with Crippen LogP contribution in [0.15, 0.2) is 0 Å². The molecule has 0 rings (SSSR count). The maximum atomic E-state index is 13.1. The minimum Gasteiger partial charge on any atom is -0.462 e. The van der Waals surface area contributed by atoms with Crippen LogP contribution in [-0.4, -0.2) is 96.7 Å². The van der Waals surface area contributed by atoms with Gasteiger partial charge in [0.2, 0.25) is 0 Å². The molecule has 0 bridgehead atoms. The highest BCUT2D eigenvalue weighted by atomic mass is 31.2. The Morgan fingerprint density at radius 2 is 0.421 bits per heavy atom. The highest BCUT2D eigenvalue weighted by Gasteiger charge is 2.30. The number of phosphoric acid groups is 2. The predicted octanol–water partition coefficient (Wildman–Crippen LogP) is 22.6.